The molecule has 1 saturated heterocycles. The fourth-order valence-electron chi connectivity index (χ4n) is 4.04. The van der Waals surface area contributed by atoms with Crippen molar-refractivity contribution < 1.29 is 9.59 Å². The summed E-state index contributed by atoms with van der Waals surface area (Å²) in [5, 5.41) is 4.99. The highest BCUT2D eigenvalue weighted by atomic mass is 35.5. The Balaban J connectivity index is 1.38. The normalized spacial score (nSPS) is 22.7. The van der Waals surface area contributed by atoms with Gasteiger partial charge in [-0.15, -0.1) is 0 Å². The molecule has 2 aromatic rings. The second kappa shape index (κ2) is 7.24. The quantitative estimate of drug-likeness (QED) is 0.786. The van der Waals surface area contributed by atoms with E-state index in [2.05, 4.69) is 15.3 Å². The standard InChI is InChI=1S/C19H20Cl2N4O2/c1-10(26)25-4-2-11(3-5-25)13-8-14(13)19(27)24-17-7-12-6-16(20)23-18(21)15(12)9-22-17/h6-7,9,11,13-14H,2-5,8H2,1H3,(H,22,24,27)/t13-,14+/m0/s1. The van der Waals surface area contributed by atoms with Crippen LogP contribution in [-0.2, 0) is 9.59 Å². The van der Waals surface area contributed by atoms with E-state index in [1.54, 1.807) is 25.3 Å². The van der Waals surface area contributed by atoms with Crippen molar-refractivity contribution >= 4 is 51.6 Å². The van der Waals surface area contributed by atoms with Crippen LogP contribution in [0.1, 0.15) is 26.2 Å². The van der Waals surface area contributed by atoms with Crippen LogP contribution in [0.2, 0.25) is 10.3 Å². The van der Waals surface area contributed by atoms with Crippen LogP contribution in [0.3, 0.4) is 0 Å². The lowest BCUT2D eigenvalue weighted by Gasteiger charge is -2.31. The molecule has 0 spiro atoms. The first kappa shape index (κ1) is 18.4. The van der Waals surface area contributed by atoms with Gasteiger partial charge in [-0.2, -0.15) is 0 Å². The van der Waals surface area contributed by atoms with E-state index >= 15 is 0 Å². The first-order valence-electron chi connectivity index (χ1n) is 9.10. The molecule has 1 aliphatic carbocycles. The molecule has 0 aromatic carbocycles. The van der Waals surface area contributed by atoms with E-state index in [-0.39, 0.29) is 17.7 Å². The zero-order valence-corrected chi connectivity index (χ0v) is 16.4. The number of aromatic nitrogens is 2. The molecule has 2 aliphatic rings. The van der Waals surface area contributed by atoms with Crippen molar-refractivity contribution in [2.45, 2.75) is 26.2 Å². The molecular formula is C19H20Cl2N4O2. The van der Waals surface area contributed by atoms with Gasteiger partial charge in [-0.3, -0.25) is 9.59 Å². The molecule has 0 bridgehead atoms. The lowest BCUT2D eigenvalue weighted by atomic mass is 9.91. The average molecular weight is 407 g/mol. The second-order valence-electron chi connectivity index (χ2n) is 7.37. The van der Waals surface area contributed by atoms with Crippen LogP contribution >= 0.6 is 23.2 Å². The minimum atomic E-state index is 0.00657. The van der Waals surface area contributed by atoms with Crippen molar-refractivity contribution in [2.24, 2.45) is 17.8 Å². The van der Waals surface area contributed by atoms with Crippen molar-refractivity contribution in [3.05, 3.63) is 28.6 Å². The zero-order chi connectivity index (χ0) is 19.1. The van der Waals surface area contributed by atoms with Gasteiger partial charge in [0.2, 0.25) is 11.8 Å². The zero-order valence-electron chi connectivity index (χ0n) is 14.9. The highest BCUT2D eigenvalue weighted by molar-refractivity contribution is 6.36. The van der Waals surface area contributed by atoms with Crippen molar-refractivity contribution in [3.8, 4) is 0 Å². The predicted molar refractivity (Wildman–Crippen MR) is 105 cm³/mol. The summed E-state index contributed by atoms with van der Waals surface area (Å²) in [6.45, 7) is 3.21. The Morgan fingerprint density at radius 3 is 2.67 bits per heavy atom. The number of fused-ring (bicyclic) bond motifs is 1. The number of carbonyl (C=O) groups is 2. The van der Waals surface area contributed by atoms with Crippen molar-refractivity contribution in [1.82, 2.24) is 14.9 Å². The van der Waals surface area contributed by atoms with Crippen molar-refractivity contribution in [3.63, 3.8) is 0 Å². The molecule has 1 aliphatic heterocycles. The number of nitrogens with zero attached hydrogens (tertiary/aromatic N) is 3. The van der Waals surface area contributed by atoms with E-state index in [0.29, 0.717) is 33.3 Å². The van der Waals surface area contributed by atoms with E-state index in [0.717, 1.165) is 37.7 Å². The third-order valence-electron chi connectivity index (χ3n) is 5.66. The Labute approximate surface area is 167 Å². The van der Waals surface area contributed by atoms with Gasteiger partial charge in [0, 0.05) is 37.5 Å². The molecule has 8 heteroatoms. The number of pyridine rings is 2. The van der Waals surface area contributed by atoms with E-state index in [1.807, 2.05) is 4.90 Å². The van der Waals surface area contributed by atoms with Crippen LogP contribution in [0.15, 0.2) is 18.3 Å². The summed E-state index contributed by atoms with van der Waals surface area (Å²) in [4.78, 5) is 34.2. The molecule has 1 saturated carbocycles. The van der Waals surface area contributed by atoms with Crippen molar-refractivity contribution in [2.75, 3.05) is 18.4 Å². The number of likely N-dealkylation sites (tertiary alicyclic amines) is 1. The van der Waals surface area contributed by atoms with Crippen LogP contribution in [0.5, 0.6) is 0 Å². The molecule has 2 fully saturated rings. The number of amides is 2. The van der Waals surface area contributed by atoms with Crippen LogP contribution in [0, 0.1) is 17.8 Å². The smallest absolute Gasteiger partial charge is 0.228 e. The molecule has 0 unspecified atom stereocenters. The van der Waals surface area contributed by atoms with E-state index < -0.39 is 0 Å². The number of piperidine rings is 1. The Bertz CT molecular complexity index is 912. The van der Waals surface area contributed by atoms with Gasteiger partial charge in [0.1, 0.15) is 16.1 Å². The first-order chi connectivity index (χ1) is 12.9. The van der Waals surface area contributed by atoms with Gasteiger partial charge in [0.25, 0.3) is 0 Å². The maximum atomic E-state index is 12.6. The number of carbonyl (C=O) groups excluding carboxylic acids is 2. The van der Waals surface area contributed by atoms with Gasteiger partial charge in [-0.05, 0) is 48.6 Å². The number of rotatable bonds is 3. The topological polar surface area (TPSA) is 75.2 Å². The van der Waals surface area contributed by atoms with Gasteiger partial charge in [0.15, 0.2) is 0 Å². The van der Waals surface area contributed by atoms with Crippen LogP contribution in [0.25, 0.3) is 10.8 Å². The second-order valence-corrected chi connectivity index (χ2v) is 8.11. The van der Waals surface area contributed by atoms with Gasteiger partial charge >= 0.3 is 0 Å². The minimum absolute atomic E-state index is 0.00657. The number of nitrogens with one attached hydrogen (secondary N) is 1. The molecule has 142 valence electrons. The van der Waals surface area contributed by atoms with Gasteiger partial charge < -0.3 is 10.2 Å². The van der Waals surface area contributed by atoms with Crippen molar-refractivity contribution in [1.29, 1.82) is 0 Å². The highest BCUT2D eigenvalue weighted by Gasteiger charge is 2.48. The third kappa shape index (κ3) is 3.87. The molecular weight excluding hydrogens is 387 g/mol. The third-order valence-corrected chi connectivity index (χ3v) is 6.14. The van der Waals surface area contributed by atoms with Gasteiger partial charge in [0.05, 0.1) is 0 Å². The van der Waals surface area contributed by atoms with Crippen LogP contribution in [0.4, 0.5) is 5.82 Å². The molecule has 2 atom stereocenters. The molecule has 1 N–H and O–H groups in total. The first-order valence-corrected chi connectivity index (χ1v) is 9.86. The summed E-state index contributed by atoms with van der Waals surface area (Å²) >= 11 is 12.0. The van der Waals surface area contributed by atoms with Crippen LogP contribution in [-0.4, -0.2) is 39.8 Å². The maximum absolute atomic E-state index is 12.6. The lowest BCUT2D eigenvalue weighted by molar-refractivity contribution is -0.130. The Hall–Kier alpha value is -1.92. The highest BCUT2D eigenvalue weighted by Crippen LogP contribution is 2.48. The number of hydrogen-bond acceptors (Lipinski definition) is 4. The molecule has 27 heavy (non-hydrogen) atoms. The molecule has 2 amide bonds. The summed E-state index contributed by atoms with van der Waals surface area (Å²) in [6.07, 6.45) is 4.46. The lowest BCUT2D eigenvalue weighted by Crippen LogP contribution is -2.37. The van der Waals surface area contributed by atoms with E-state index in [9.17, 15) is 9.59 Å². The minimum Gasteiger partial charge on any atom is -0.343 e. The Morgan fingerprint density at radius 1 is 1.22 bits per heavy atom. The average Bonchev–Trinajstić information content (AvgIpc) is 3.42. The summed E-state index contributed by atoms with van der Waals surface area (Å²) < 4.78 is 0. The summed E-state index contributed by atoms with van der Waals surface area (Å²) in [5.41, 5.74) is 0. The Kier molecular flexibility index (Phi) is 4.95. The monoisotopic (exact) mass is 406 g/mol. The fraction of sp³-hybridized carbons (Fsp3) is 0.474. The molecule has 4 rings (SSSR count). The van der Waals surface area contributed by atoms with Gasteiger partial charge in [-0.1, -0.05) is 23.2 Å². The summed E-state index contributed by atoms with van der Waals surface area (Å²) in [7, 11) is 0. The number of halogens is 2. The van der Waals surface area contributed by atoms with E-state index in [1.165, 1.54) is 0 Å². The molecule has 2 aromatic heterocycles. The summed E-state index contributed by atoms with van der Waals surface area (Å²) in [5.74, 6) is 1.59. The summed E-state index contributed by atoms with van der Waals surface area (Å²) in [6, 6.07) is 3.46. The maximum Gasteiger partial charge on any atom is 0.228 e. The van der Waals surface area contributed by atoms with E-state index in [4.69, 9.17) is 23.2 Å². The number of hydrogen-bond donors (Lipinski definition) is 1. The molecule has 0 radical (unpaired) electrons. The Morgan fingerprint density at radius 2 is 1.96 bits per heavy atom. The predicted octanol–water partition coefficient (Wildman–Crippen LogP) is 3.77. The molecule has 3 heterocycles. The molecule has 6 nitrogen and oxygen atoms in total. The van der Waals surface area contributed by atoms with Crippen LogP contribution < -0.4 is 5.32 Å². The number of anilines is 1. The fourth-order valence-corrected chi connectivity index (χ4v) is 4.54. The largest absolute Gasteiger partial charge is 0.343 e. The van der Waals surface area contributed by atoms with Gasteiger partial charge in [-0.25, -0.2) is 9.97 Å². The SMILES string of the molecule is CC(=O)N1CCC([C@@H]2C[C@H]2C(=O)Nc2cc3cc(Cl)nc(Cl)c3cn2)CC1.